The summed E-state index contributed by atoms with van der Waals surface area (Å²) in [5, 5.41) is 6.76. The summed E-state index contributed by atoms with van der Waals surface area (Å²) in [6.45, 7) is 0.619. The van der Waals surface area contributed by atoms with Crippen LogP contribution in [0.1, 0.15) is 16.4 Å². The fraction of sp³-hybridized carbons (Fsp3) is 0.176. The van der Waals surface area contributed by atoms with E-state index < -0.39 is 0 Å². The number of aromatic nitrogens is 3. The molecule has 1 atom stereocenters. The molecule has 0 saturated heterocycles. The van der Waals surface area contributed by atoms with E-state index in [4.69, 9.17) is 46.4 Å². The number of thioether (sulfide) groups is 1. The Morgan fingerprint density at radius 3 is 2.40 bits per heavy atom. The number of rotatable bonds is 6. The van der Waals surface area contributed by atoms with Gasteiger partial charge in [-0.1, -0.05) is 58.5 Å². The molecule has 0 aliphatic carbocycles. The first-order valence-electron chi connectivity index (χ1n) is 7.36. The van der Waals surface area contributed by atoms with Crippen LogP contribution in [-0.4, -0.2) is 14.8 Å². The van der Waals surface area contributed by atoms with E-state index in [9.17, 15) is 0 Å². The summed E-state index contributed by atoms with van der Waals surface area (Å²) in [7, 11) is 0. The Morgan fingerprint density at radius 1 is 1.00 bits per heavy atom. The maximum absolute atomic E-state index is 6.41. The summed E-state index contributed by atoms with van der Waals surface area (Å²) in [5.41, 5.74) is 1.89. The van der Waals surface area contributed by atoms with Crippen molar-refractivity contribution in [1.29, 1.82) is 0 Å². The second-order valence-electron chi connectivity index (χ2n) is 5.28. The van der Waals surface area contributed by atoms with E-state index in [0.29, 0.717) is 32.4 Å². The third-order valence-electron chi connectivity index (χ3n) is 3.62. The van der Waals surface area contributed by atoms with Crippen LogP contribution in [0.3, 0.4) is 0 Å². The van der Waals surface area contributed by atoms with Gasteiger partial charge >= 0.3 is 0 Å². The Labute approximate surface area is 170 Å². The third-order valence-corrected chi connectivity index (χ3v) is 6.15. The predicted octanol–water partition coefficient (Wildman–Crippen LogP) is 6.57. The highest BCUT2D eigenvalue weighted by atomic mass is 35.5. The van der Waals surface area contributed by atoms with Crippen LogP contribution in [-0.2, 0) is 12.3 Å². The lowest BCUT2D eigenvalue weighted by Crippen LogP contribution is -2.08. The lowest BCUT2D eigenvalue weighted by Gasteiger charge is -2.19. The van der Waals surface area contributed by atoms with Crippen molar-refractivity contribution in [2.75, 3.05) is 0 Å². The highest BCUT2D eigenvalue weighted by Crippen LogP contribution is 2.40. The Bertz CT molecular complexity index is 835. The van der Waals surface area contributed by atoms with Crippen LogP contribution in [0, 0.1) is 0 Å². The molecule has 3 nitrogen and oxygen atoms in total. The zero-order valence-corrected chi connectivity index (χ0v) is 16.7. The normalized spacial score (nSPS) is 12.3. The standard InChI is InChI=1S/C17H13Cl4N3S/c18-11-4-5-12(16(21)6-11)17(7-24-10-22-9-23-24)25-8-13-14(19)2-1-3-15(13)20/h1-6,9-10,17H,7-8H2. The fourth-order valence-corrected chi connectivity index (χ4v) is 4.97. The number of halogens is 4. The summed E-state index contributed by atoms with van der Waals surface area (Å²) in [4.78, 5) is 4.00. The molecule has 1 heterocycles. The van der Waals surface area contributed by atoms with Crippen LogP contribution in [0.5, 0.6) is 0 Å². The highest BCUT2D eigenvalue weighted by Gasteiger charge is 2.18. The molecule has 8 heteroatoms. The molecule has 0 amide bonds. The van der Waals surface area contributed by atoms with Gasteiger partial charge in [-0.3, -0.25) is 4.68 Å². The summed E-state index contributed by atoms with van der Waals surface area (Å²) >= 11 is 26.7. The van der Waals surface area contributed by atoms with Crippen molar-refractivity contribution in [1.82, 2.24) is 14.8 Å². The fourth-order valence-electron chi connectivity index (χ4n) is 2.35. The summed E-state index contributed by atoms with van der Waals surface area (Å²) in [5.74, 6) is 0.650. The zero-order chi connectivity index (χ0) is 17.8. The van der Waals surface area contributed by atoms with Crippen molar-refractivity contribution in [3.8, 4) is 0 Å². The minimum atomic E-state index is 0.0406. The van der Waals surface area contributed by atoms with Gasteiger partial charge in [0, 0.05) is 25.8 Å². The van der Waals surface area contributed by atoms with Gasteiger partial charge in [-0.05, 0) is 35.4 Å². The minimum absolute atomic E-state index is 0.0406. The van der Waals surface area contributed by atoms with E-state index in [0.717, 1.165) is 11.1 Å². The molecule has 0 spiro atoms. The maximum atomic E-state index is 6.41. The third kappa shape index (κ3) is 4.83. The molecule has 1 unspecified atom stereocenters. The molecule has 0 saturated carbocycles. The van der Waals surface area contributed by atoms with E-state index in [2.05, 4.69) is 10.1 Å². The smallest absolute Gasteiger partial charge is 0.137 e. The van der Waals surface area contributed by atoms with E-state index in [1.54, 1.807) is 28.8 Å². The number of benzene rings is 2. The zero-order valence-electron chi connectivity index (χ0n) is 12.9. The predicted molar refractivity (Wildman–Crippen MR) is 107 cm³/mol. The lowest BCUT2D eigenvalue weighted by atomic mass is 10.1. The number of hydrogen-bond acceptors (Lipinski definition) is 3. The first-order chi connectivity index (χ1) is 12.0. The quantitative estimate of drug-likeness (QED) is 0.441. The van der Waals surface area contributed by atoms with Crippen molar-refractivity contribution in [2.24, 2.45) is 0 Å². The van der Waals surface area contributed by atoms with Gasteiger partial charge in [0.15, 0.2) is 0 Å². The van der Waals surface area contributed by atoms with Gasteiger partial charge in [0.1, 0.15) is 12.7 Å². The van der Waals surface area contributed by atoms with Crippen LogP contribution < -0.4 is 0 Å². The average molecular weight is 433 g/mol. The Morgan fingerprint density at radius 2 is 1.76 bits per heavy atom. The summed E-state index contributed by atoms with van der Waals surface area (Å²) in [6.07, 6.45) is 3.19. The molecule has 3 aromatic rings. The van der Waals surface area contributed by atoms with Crippen molar-refractivity contribution < 1.29 is 0 Å². The largest absolute Gasteiger partial charge is 0.252 e. The van der Waals surface area contributed by atoms with Crippen LogP contribution >= 0.6 is 58.2 Å². The molecule has 25 heavy (non-hydrogen) atoms. The van der Waals surface area contributed by atoms with Gasteiger partial charge in [-0.2, -0.15) is 5.10 Å². The summed E-state index contributed by atoms with van der Waals surface area (Å²) < 4.78 is 1.77. The number of nitrogens with zero attached hydrogens (tertiary/aromatic N) is 3. The molecule has 3 rings (SSSR count). The molecule has 0 bridgehead atoms. The maximum Gasteiger partial charge on any atom is 0.137 e. The molecule has 0 radical (unpaired) electrons. The van der Waals surface area contributed by atoms with E-state index in [-0.39, 0.29) is 5.25 Å². The van der Waals surface area contributed by atoms with Crippen LogP contribution in [0.15, 0.2) is 49.1 Å². The van der Waals surface area contributed by atoms with Gasteiger partial charge in [-0.15, -0.1) is 11.8 Å². The number of hydrogen-bond donors (Lipinski definition) is 0. The second kappa shape index (κ2) is 8.65. The molecule has 0 fully saturated rings. The Hall–Kier alpha value is -0.910. The van der Waals surface area contributed by atoms with Gasteiger partial charge in [0.25, 0.3) is 0 Å². The monoisotopic (exact) mass is 431 g/mol. The van der Waals surface area contributed by atoms with Crippen molar-refractivity contribution in [3.63, 3.8) is 0 Å². The Balaban J connectivity index is 1.86. The second-order valence-corrected chi connectivity index (χ2v) is 8.13. The molecule has 0 aliphatic rings. The first-order valence-corrected chi connectivity index (χ1v) is 9.92. The molecule has 2 aromatic carbocycles. The summed E-state index contributed by atoms with van der Waals surface area (Å²) in [6, 6.07) is 11.0. The molecule has 0 aliphatic heterocycles. The SMILES string of the molecule is Clc1ccc(C(Cn2cncn2)SCc2c(Cl)cccc2Cl)c(Cl)c1. The molecule has 130 valence electrons. The van der Waals surface area contributed by atoms with Crippen molar-refractivity contribution in [2.45, 2.75) is 17.5 Å². The van der Waals surface area contributed by atoms with Gasteiger partial charge < -0.3 is 0 Å². The van der Waals surface area contributed by atoms with Crippen LogP contribution in [0.25, 0.3) is 0 Å². The van der Waals surface area contributed by atoms with Crippen molar-refractivity contribution >= 4 is 58.2 Å². The van der Waals surface area contributed by atoms with Crippen molar-refractivity contribution in [3.05, 3.63) is 80.3 Å². The van der Waals surface area contributed by atoms with E-state index >= 15 is 0 Å². The van der Waals surface area contributed by atoms with Gasteiger partial charge in [0.2, 0.25) is 0 Å². The highest BCUT2D eigenvalue weighted by molar-refractivity contribution is 7.98. The molecular formula is C17H13Cl4N3S. The lowest BCUT2D eigenvalue weighted by molar-refractivity contribution is 0.604. The van der Waals surface area contributed by atoms with Gasteiger partial charge in [0.05, 0.1) is 11.8 Å². The van der Waals surface area contributed by atoms with Crippen LogP contribution in [0.4, 0.5) is 0 Å². The Kier molecular flexibility index (Phi) is 6.53. The van der Waals surface area contributed by atoms with Crippen LogP contribution in [0.2, 0.25) is 20.1 Å². The average Bonchev–Trinajstić information content (AvgIpc) is 3.06. The molecule has 1 aromatic heterocycles. The minimum Gasteiger partial charge on any atom is -0.252 e. The molecule has 0 N–H and O–H groups in total. The topological polar surface area (TPSA) is 30.7 Å². The van der Waals surface area contributed by atoms with E-state index in [1.807, 2.05) is 30.3 Å². The molecular weight excluding hydrogens is 420 g/mol. The van der Waals surface area contributed by atoms with Gasteiger partial charge in [-0.25, -0.2) is 4.98 Å². The first kappa shape index (κ1) is 18.9. The van der Waals surface area contributed by atoms with E-state index in [1.165, 1.54) is 6.33 Å².